The van der Waals surface area contributed by atoms with Gasteiger partial charge in [0, 0.05) is 25.3 Å². The van der Waals surface area contributed by atoms with E-state index >= 15 is 0 Å². The topological polar surface area (TPSA) is 41.6 Å². The summed E-state index contributed by atoms with van der Waals surface area (Å²) in [6.07, 6.45) is 1.80. The molecule has 0 radical (unpaired) electrons. The van der Waals surface area contributed by atoms with Gasteiger partial charge in [0.15, 0.2) is 0 Å². The van der Waals surface area contributed by atoms with Crippen molar-refractivity contribution in [2.24, 2.45) is 5.92 Å². The van der Waals surface area contributed by atoms with Crippen molar-refractivity contribution in [2.75, 3.05) is 25.0 Å². The van der Waals surface area contributed by atoms with Crippen LogP contribution in [0.3, 0.4) is 0 Å². The maximum Gasteiger partial charge on any atom is 0.410 e. The summed E-state index contributed by atoms with van der Waals surface area (Å²) >= 11 is 0. The quantitative estimate of drug-likeness (QED) is 0.855. The van der Waals surface area contributed by atoms with Gasteiger partial charge < -0.3 is 15.0 Å². The van der Waals surface area contributed by atoms with Gasteiger partial charge in [-0.15, -0.1) is 0 Å². The van der Waals surface area contributed by atoms with Crippen molar-refractivity contribution in [2.45, 2.75) is 59.0 Å². The maximum absolute atomic E-state index is 12.2. The summed E-state index contributed by atoms with van der Waals surface area (Å²) in [7, 11) is 0. The number of hydrogen-bond donors (Lipinski definition) is 1. The van der Waals surface area contributed by atoms with Crippen LogP contribution in [0, 0.1) is 5.92 Å². The minimum Gasteiger partial charge on any atom is -0.444 e. The Kier molecular flexibility index (Phi) is 6.14. The van der Waals surface area contributed by atoms with Gasteiger partial charge in [-0.05, 0) is 63.1 Å². The van der Waals surface area contributed by atoms with Gasteiger partial charge in [-0.25, -0.2) is 4.79 Å². The molecule has 0 spiro atoms. The molecular weight excluding hydrogens is 300 g/mol. The lowest BCUT2D eigenvalue weighted by molar-refractivity contribution is 0.0205. The standard InChI is InChI=1S/C20H32N2O2/c1-15(2)14-21-18-8-6-7-17(13-18)16-9-11-22(12-10-16)19(23)24-20(3,4)5/h6-8,13,15-16,21H,9-12,14H2,1-5H3. The Labute approximate surface area is 146 Å². The highest BCUT2D eigenvalue weighted by Crippen LogP contribution is 2.30. The molecule has 1 aliphatic heterocycles. The number of nitrogens with zero attached hydrogens (tertiary/aromatic N) is 1. The number of carbonyl (C=O) groups is 1. The lowest BCUT2D eigenvalue weighted by Gasteiger charge is -2.33. The summed E-state index contributed by atoms with van der Waals surface area (Å²) in [5, 5.41) is 3.49. The summed E-state index contributed by atoms with van der Waals surface area (Å²) in [6, 6.07) is 8.71. The van der Waals surface area contributed by atoms with Crippen LogP contribution >= 0.6 is 0 Å². The summed E-state index contributed by atoms with van der Waals surface area (Å²) in [4.78, 5) is 14.0. The zero-order chi connectivity index (χ0) is 17.7. The van der Waals surface area contributed by atoms with Crippen molar-refractivity contribution >= 4 is 11.8 Å². The smallest absolute Gasteiger partial charge is 0.410 e. The Bertz CT molecular complexity index is 541. The summed E-state index contributed by atoms with van der Waals surface area (Å²) in [5.41, 5.74) is 2.13. The molecule has 1 aliphatic rings. The molecule has 2 rings (SSSR count). The number of ether oxygens (including phenoxy) is 1. The van der Waals surface area contributed by atoms with E-state index in [4.69, 9.17) is 4.74 Å². The molecule has 4 nitrogen and oxygen atoms in total. The van der Waals surface area contributed by atoms with Gasteiger partial charge in [-0.1, -0.05) is 26.0 Å². The number of benzene rings is 1. The van der Waals surface area contributed by atoms with Crippen LogP contribution in [0.5, 0.6) is 0 Å². The number of piperidine rings is 1. The molecule has 1 aromatic rings. The van der Waals surface area contributed by atoms with E-state index in [1.54, 1.807) is 0 Å². The predicted octanol–water partition coefficient (Wildman–Crippen LogP) is 4.87. The minimum absolute atomic E-state index is 0.187. The Morgan fingerprint density at radius 3 is 2.54 bits per heavy atom. The molecule has 134 valence electrons. The molecule has 0 aromatic heterocycles. The molecule has 0 atom stereocenters. The lowest BCUT2D eigenvalue weighted by Crippen LogP contribution is -2.41. The van der Waals surface area contributed by atoms with E-state index < -0.39 is 5.60 Å². The van der Waals surface area contributed by atoms with Crippen LogP contribution in [0.2, 0.25) is 0 Å². The molecular formula is C20H32N2O2. The van der Waals surface area contributed by atoms with Crippen LogP contribution in [-0.2, 0) is 4.74 Å². The zero-order valence-electron chi connectivity index (χ0n) is 15.8. The molecule has 1 amide bonds. The Morgan fingerprint density at radius 2 is 1.96 bits per heavy atom. The lowest BCUT2D eigenvalue weighted by atomic mass is 9.89. The third kappa shape index (κ3) is 5.73. The average molecular weight is 332 g/mol. The molecule has 0 aliphatic carbocycles. The number of rotatable bonds is 4. The molecule has 0 saturated carbocycles. The van der Waals surface area contributed by atoms with Crippen LogP contribution in [0.4, 0.5) is 10.5 Å². The second-order valence-electron chi connectivity index (χ2n) is 8.14. The van der Waals surface area contributed by atoms with Crippen LogP contribution in [-0.4, -0.2) is 36.2 Å². The van der Waals surface area contributed by atoms with Crippen molar-refractivity contribution in [3.8, 4) is 0 Å². The van der Waals surface area contributed by atoms with Crippen molar-refractivity contribution in [1.82, 2.24) is 4.90 Å². The van der Waals surface area contributed by atoms with E-state index in [0.717, 1.165) is 32.5 Å². The molecule has 1 heterocycles. The third-order valence-corrected chi connectivity index (χ3v) is 4.22. The SMILES string of the molecule is CC(C)CNc1cccc(C2CCN(C(=O)OC(C)(C)C)CC2)c1. The van der Waals surface area contributed by atoms with Crippen molar-refractivity contribution in [3.63, 3.8) is 0 Å². The molecule has 0 unspecified atom stereocenters. The monoisotopic (exact) mass is 332 g/mol. The number of amides is 1. The predicted molar refractivity (Wildman–Crippen MR) is 99.6 cm³/mol. The first-order valence-electron chi connectivity index (χ1n) is 9.06. The van der Waals surface area contributed by atoms with Gasteiger partial charge in [-0.2, -0.15) is 0 Å². The molecule has 1 N–H and O–H groups in total. The van der Waals surface area contributed by atoms with E-state index in [-0.39, 0.29) is 6.09 Å². The number of likely N-dealkylation sites (tertiary alicyclic amines) is 1. The van der Waals surface area contributed by atoms with E-state index in [1.807, 2.05) is 25.7 Å². The average Bonchev–Trinajstić information content (AvgIpc) is 2.52. The minimum atomic E-state index is -0.426. The molecule has 0 bridgehead atoms. The normalized spacial score (nSPS) is 16.3. The van der Waals surface area contributed by atoms with Gasteiger partial charge in [0.2, 0.25) is 0 Å². The Hall–Kier alpha value is -1.71. The van der Waals surface area contributed by atoms with Gasteiger partial charge in [0.1, 0.15) is 5.60 Å². The number of hydrogen-bond acceptors (Lipinski definition) is 3. The Balaban J connectivity index is 1.90. The number of nitrogens with one attached hydrogen (secondary N) is 1. The van der Waals surface area contributed by atoms with E-state index in [2.05, 4.69) is 43.4 Å². The fraction of sp³-hybridized carbons (Fsp3) is 0.650. The van der Waals surface area contributed by atoms with Crippen molar-refractivity contribution in [3.05, 3.63) is 29.8 Å². The molecule has 1 saturated heterocycles. The summed E-state index contributed by atoms with van der Waals surface area (Å²) in [6.45, 7) is 12.7. The van der Waals surface area contributed by atoms with Gasteiger partial charge in [-0.3, -0.25) is 0 Å². The highest BCUT2D eigenvalue weighted by Gasteiger charge is 2.27. The molecule has 1 aromatic carbocycles. The molecule has 4 heteroatoms. The zero-order valence-corrected chi connectivity index (χ0v) is 15.8. The molecule has 1 fully saturated rings. The second kappa shape index (κ2) is 7.91. The third-order valence-electron chi connectivity index (χ3n) is 4.22. The first-order chi connectivity index (χ1) is 11.2. The van der Waals surface area contributed by atoms with Gasteiger partial charge in [0.25, 0.3) is 0 Å². The molecule has 24 heavy (non-hydrogen) atoms. The first kappa shape index (κ1) is 18.6. The van der Waals surface area contributed by atoms with Crippen LogP contribution in [0.1, 0.15) is 58.9 Å². The van der Waals surface area contributed by atoms with E-state index in [0.29, 0.717) is 11.8 Å². The van der Waals surface area contributed by atoms with Gasteiger partial charge in [0.05, 0.1) is 0 Å². The second-order valence-corrected chi connectivity index (χ2v) is 8.14. The fourth-order valence-electron chi connectivity index (χ4n) is 2.95. The van der Waals surface area contributed by atoms with Gasteiger partial charge >= 0.3 is 6.09 Å². The van der Waals surface area contributed by atoms with Crippen molar-refractivity contribution < 1.29 is 9.53 Å². The maximum atomic E-state index is 12.2. The van der Waals surface area contributed by atoms with E-state index in [1.165, 1.54) is 11.3 Å². The number of anilines is 1. The van der Waals surface area contributed by atoms with Crippen molar-refractivity contribution in [1.29, 1.82) is 0 Å². The summed E-state index contributed by atoms with van der Waals surface area (Å²) in [5.74, 6) is 1.15. The van der Waals surface area contributed by atoms with Crippen LogP contribution in [0.15, 0.2) is 24.3 Å². The highest BCUT2D eigenvalue weighted by molar-refractivity contribution is 5.68. The first-order valence-corrected chi connectivity index (χ1v) is 9.06. The van der Waals surface area contributed by atoms with Crippen LogP contribution in [0.25, 0.3) is 0 Å². The number of carbonyl (C=O) groups excluding carboxylic acids is 1. The Morgan fingerprint density at radius 1 is 1.29 bits per heavy atom. The summed E-state index contributed by atoms with van der Waals surface area (Å²) < 4.78 is 5.47. The largest absolute Gasteiger partial charge is 0.444 e. The fourth-order valence-corrected chi connectivity index (χ4v) is 2.95. The van der Waals surface area contributed by atoms with E-state index in [9.17, 15) is 4.79 Å². The highest BCUT2D eigenvalue weighted by atomic mass is 16.6. The van der Waals surface area contributed by atoms with Crippen LogP contribution < -0.4 is 5.32 Å².